The van der Waals surface area contributed by atoms with Gasteiger partial charge in [0.15, 0.2) is 0 Å². The van der Waals surface area contributed by atoms with Gasteiger partial charge in [0.2, 0.25) is 5.91 Å². The summed E-state index contributed by atoms with van der Waals surface area (Å²) in [6.07, 6.45) is 3.87. The zero-order valence-corrected chi connectivity index (χ0v) is 24.7. The third-order valence-electron chi connectivity index (χ3n) is 6.27. The van der Waals surface area contributed by atoms with E-state index < -0.39 is 42.2 Å². The van der Waals surface area contributed by atoms with Gasteiger partial charge in [0.25, 0.3) is 5.91 Å². The number of alkyl carbamates (subject to hydrolysis) is 1. The van der Waals surface area contributed by atoms with Crippen LogP contribution in [0.4, 0.5) is 10.5 Å². The molecule has 0 fully saturated rings. The summed E-state index contributed by atoms with van der Waals surface area (Å²) >= 11 is 0. The maximum absolute atomic E-state index is 13.9. The molecule has 0 aliphatic heterocycles. The average Bonchev–Trinajstić information content (AvgIpc) is 2.90. The summed E-state index contributed by atoms with van der Waals surface area (Å²) in [7, 11) is 1.56. The molecule has 0 saturated carbocycles. The fourth-order valence-corrected chi connectivity index (χ4v) is 4.19. The molecule has 2 atom stereocenters. The molecule has 220 valence electrons. The number of nitrogens with one attached hydrogen (secondary N) is 2. The summed E-state index contributed by atoms with van der Waals surface area (Å²) in [5.41, 5.74) is 1.39. The van der Waals surface area contributed by atoms with Crippen molar-refractivity contribution in [3.63, 3.8) is 0 Å². The van der Waals surface area contributed by atoms with Gasteiger partial charge in [0.05, 0.1) is 13.7 Å². The highest BCUT2D eigenvalue weighted by molar-refractivity contribution is 5.99. The number of ether oxygens (including phenoxy) is 2. The van der Waals surface area contributed by atoms with Crippen molar-refractivity contribution in [2.24, 2.45) is 0 Å². The Labute approximate surface area is 238 Å². The molecule has 0 aromatic heterocycles. The molecule has 9 heteroatoms. The molecule has 0 radical (unpaired) electrons. The second kappa shape index (κ2) is 15.9. The first-order valence-corrected chi connectivity index (χ1v) is 13.9. The zero-order chi connectivity index (χ0) is 29.7. The first-order valence-electron chi connectivity index (χ1n) is 13.9. The number of unbranched alkanes of at least 4 members (excludes halogenated alkanes) is 4. The largest absolute Gasteiger partial charge is 0.497 e. The molecule has 0 bridgehead atoms. The van der Waals surface area contributed by atoms with Gasteiger partial charge in [0, 0.05) is 12.2 Å². The van der Waals surface area contributed by atoms with Gasteiger partial charge < -0.3 is 30.1 Å². The molecule has 3 N–H and O–H groups in total. The minimum absolute atomic E-state index is 0.267. The van der Waals surface area contributed by atoms with Crippen molar-refractivity contribution >= 4 is 23.6 Å². The molecule has 2 rings (SSSR count). The highest BCUT2D eigenvalue weighted by Gasteiger charge is 2.36. The van der Waals surface area contributed by atoms with Crippen LogP contribution in [0.5, 0.6) is 5.75 Å². The van der Waals surface area contributed by atoms with Crippen LogP contribution in [0.25, 0.3) is 0 Å². The average molecular weight is 556 g/mol. The molecule has 3 amide bonds. The van der Waals surface area contributed by atoms with Crippen LogP contribution < -0.4 is 15.4 Å². The number of nitrogens with zero attached hydrogens (tertiary/aromatic N) is 1. The summed E-state index contributed by atoms with van der Waals surface area (Å²) in [6.45, 7) is 8.82. The van der Waals surface area contributed by atoms with Crippen LogP contribution in [0.2, 0.25) is 0 Å². The maximum atomic E-state index is 13.9. The quantitative estimate of drug-likeness (QED) is 0.270. The first-order chi connectivity index (χ1) is 19.0. The van der Waals surface area contributed by atoms with Gasteiger partial charge in [-0.3, -0.25) is 9.59 Å². The number of hydrogen-bond acceptors (Lipinski definition) is 6. The number of carbonyl (C=O) groups is 3. The van der Waals surface area contributed by atoms with Gasteiger partial charge in [0.1, 0.15) is 23.4 Å². The Morgan fingerprint density at radius 3 is 2.12 bits per heavy atom. The van der Waals surface area contributed by atoms with Gasteiger partial charge in [-0.1, -0.05) is 62.4 Å². The number of hydrogen-bond donors (Lipinski definition) is 3. The molecule has 0 heterocycles. The number of benzene rings is 2. The van der Waals surface area contributed by atoms with E-state index in [0.29, 0.717) is 23.4 Å². The molecular formula is C31H45N3O6. The van der Waals surface area contributed by atoms with Gasteiger partial charge in [-0.15, -0.1) is 0 Å². The second-order valence-corrected chi connectivity index (χ2v) is 10.9. The zero-order valence-electron chi connectivity index (χ0n) is 24.7. The van der Waals surface area contributed by atoms with Crippen LogP contribution in [-0.2, 0) is 14.3 Å². The number of aryl methyl sites for hydroxylation is 1. The van der Waals surface area contributed by atoms with Crippen molar-refractivity contribution < 1.29 is 29.0 Å². The predicted octanol–water partition coefficient (Wildman–Crippen LogP) is 5.37. The van der Waals surface area contributed by atoms with E-state index in [0.717, 1.165) is 31.2 Å². The minimum Gasteiger partial charge on any atom is -0.497 e. The van der Waals surface area contributed by atoms with Crippen molar-refractivity contribution in [2.75, 3.05) is 25.6 Å². The fraction of sp³-hybridized carbons (Fsp3) is 0.516. The van der Waals surface area contributed by atoms with E-state index in [1.54, 1.807) is 52.1 Å². The van der Waals surface area contributed by atoms with Gasteiger partial charge in [-0.2, -0.15) is 0 Å². The molecule has 2 unspecified atom stereocenters. The van der Waals surface area contributed by atoms with Crippen LogP contribution in [-0.4, -0.2) is 59.8 Å². The van der Waals surface area contributed by atoms with Crippen molar-refractivity contribution in [1.29, 1.82) is 0 Å². The smallest absolute Gasteiger partial charge is 0.408 e. The number of amides is 3. The standard InChI is InChI=1S/C31H45N3O6/c1-7-8-9-10-11-20-34(29(37)26(21-35)33-30(38)40-31(3,4)5)27(23-14-12-22(2)13-15-23)28(36)32-24-16-18-25(39-6)19-17-24/h12-19,26-27,35H,7-11,20-21H2,1-6H3,(H,32,36)(H,33,38). The van der Waals surface area contributed by atoms with E-state index in [1.807, 2.05) is 31.2 Å². The summed E-state index contributed by atoms with van der Waals surface area (Å²) in [5, 5.41) is 15.5. The summed E-state index contributed by atoms with van der Waals surface area (Å²) < 4.78 is 10.5. The van der Waals surface area contributed by atoms with E-state index in [-0.39, 0.29) is 6.54 Å². The van der Waals surface area contributed by atoms with E-state index in [1.165, 1.54) is 4.90 Å². The summed E-state index contributed by atoms with van der Waals surface area (Å²) in [6, 6.07) is 12.0. The van der Waals surface area contributed by atoms with E-state index >= 15 is 0 Å². The molecule has 40 heavy (non-hydrogen) atoms. The van der Waals surface area contributed by atoms with Crippen molar-refractivity contribution in [2.45, 2.75) is 84.4 Å². The Morgan fingerprint density at radius 1 is 0.950 bits per heavy atom. The number of aliphatic hydroxyl groups is 1. The van der Waals surface area contributed by atoms with E-state index in [9.17, 15) is 19.5 Å². The van der Waals surface area contributed by atoms with Crippen molar-refractivity contribution in [3.8, 4) is 5.75 Å². The number of methoxy groups -OCH3 is 1. The number of anilines is 1. The lowest BCUT2D eigenvalue weighted by Gasteiger charge is -2.34. The SMILES string of the molecule is CCCCCCCN(C(=O)C(CO)NC(=O)OC(C)(C)C)C(C(=O)Nc1ccc(OC)cc1)c1ccc(C)cc1. The minimum atomic E-state index is -1.28. The highest BCUT2D eigenvalue weighted by Crippen LogP contribution is 2.26. The number of rotatable bonds is 14. The lowest BCUT2D eigenvalue weighted by molar-refractivity contribution is -0.141. The van der Waals surface area contributed by atoms with Crippen LogP contribution in [0.3, 0.4) is 0 Å². The summed E-state index contributed by atoms with van der Waals surface area (Å²) in [5.74, 6) is -0.333. The summed E-state index contributed by atoms with van der Waals surface area (Å²) in [4.78, 5) is 41.7. The van der Waals surface area contributed by atoms with Crippen molar-refractivity contribution in [1.82, 2.24) is 10.2 Å². The second-order valence-electron chi connectivity index (χ2n) is 10.9. The highest BCUT2D eigenvalue weighted by atomic mass is 16.6. The molecular weight excluding hydrogens is 510 g/mol. The van der Waals surface area contributed by atoms with Gasteiger partial charge in [-0.05, 0) is 63.9 Å². The third kappa shape index (κ3) is 10.5. The Kier molecular flexibility index (Phi) is 12.9. The maximum Gasteiger partial charge on any atom is 0.408 e. The fourth-order valence-electron chi connectivity index (χ4n) is 4.19. The molecule has 0 spiro atoms. The Morgan fingerprint density at radius 2 is 1.57 bits per heavy atom. The van der Waals surface area contributed by atoms with Crippen LogP contribution in [0, 0.1) is 6.92 Å². The number of aliphatic hydroxyl groups excluding tert-OH is 1. The third-order valence-corrected chi connectivity index (χ3v) is 6.27. The van der Waals surface area contributed by atoms with Crippen LogP contribution in [0.1, 0.15) is 77.0 Å². The Hall–Kier alpha value is -3.59. The van der Waals surface area contributed by atoms with E-state index in [4.69, 9.17) is 9.47 Å². The molecule has 0 aliphatic rings. The normalized spacial score (nSPS) is 12.7. The van der Waals surface area contributed by atoms with Gasteiger partial charge >= 0.3 is 6.09 Å². The lowest BCUT2D eigenvalue weighted by Crippen LogP contribution is -2.54. The molecule has 2 aromatic carbocycles. The lowest BCUT2D eigenvalue weighted by atomic mass is 10.0. The van der Waals surface area contributed by atoms with Crippen LogP contribution >= 0.6 is 0 Å². The number of carbonyl (C=O) groups excluding carboxylic acids is 3. The topological polar surface area (TPSA) is 117 Å². The van der Waals surface area contributed by atoms with Crippen molar-refractivity contribution in [3.05, 3.63) is 59.7 Å². The van der Waals surface area contributed by atoms with Gasteiger partial charge in [-0.25, -0.2) is 4.79 Å². The molecule has 9 nitrogen and oxygen atoms in total. The molecule has 0 saturated heterocycles. The molecule has 2 aromatic rings. The van der Waals surface area contributed by atoms with Crippen LogP contribution in [0.15, 0.2) is 48.5 Å². The predicted molar refractivity (Wildman–Crippen MR) is 156 cm³/mol. The monoisotopic (exact) mass is 555 g/mol. The molecule has 0 aliphatic carbocycles. The Bertz CT molecular complexity index is 1080. The Balaban J connectivity index is 2.44. The first kappa shape index (κ1) is 32.6. The van der Waals surface area contributed by atoms with E-state index in [2.05, 4.69) is 17.6 Å².